The van der Waals surface area contributed by atoms with Gasteiger partial charge in [0.25, 0.3) is 0 Å². The first-order chi connectivity index (χ1) is 9.65. The van der Waals surface area contributed by atoms with Crippen LogP contribution in [0.2, 0.25) is 5.02 Å². The molecule has 1 aliphatic heterocycles. The number of rotatable bonds is 5. The van der Waals surface area contributed by atoms with Crippen molar-refractivity contribution in [2.75, 3.05) is 23.8 Å². The molecule has 0 amide bonds. The summed E-state index contributed by atoms with van der Waals surface area (Å²) in [5, 5.41) is 4.07. The highest BCUT2D eigenvalue weighted by molar-refractivity contribution is 9.10. The SMILES string of the molecule is CCCNC(c1ccc(Br)c(Cl)c1F)C1CSCCS1. The number of hydrogen-bond acceptors (Lipinski definition) is 3. The molecule has 0 aromatic heterocycles. The maximum Gasteiger partial charge on any atom is 0.147 e. The average Bonchev–Trinajstić information content (AvgIpc) is 2.48. The van der Waals surface area contributed by atoms with Crippen LogP contribution in [0.25, 0.3) is 0 Å². The van der Waals surface area contributed by atoms with Crippen molar-refractivity contribution in [2.45, 2.75) is 24.6 Å². The summed E-state index contributed by atoms with van der Waals surface area (Å²) in [6, 6.07) is 3.71. The molecule has 1 saturated heterocycles. The van der Waals surface area contributed by atoms with Gasteiger partial charge in [0, 0.05) is 38.6 Å². The molecule has 1 fully saturated rings. The Balaban J connectivity index is 2.27. The van der Waals surface area contributed by atoms with Gasteiger partial charge in [0.15, 0.2) is 0 Å². The van der Waals surface area contributed by atoms with Crippen molar-refractivity contribution in [1.29, 1.82) is 0 Å². The smallest absolute Gasteiger partial charge is 0.147 e. The summed E-state index contributed by atoms with van der Waals surface area (Å²) in [5.41, 5.74) is 0.687. The van der Waals surface area contributed by atoms with E-state index in [1.165, 1.54) is 5.75 Å². The number of thioether (sulfide) groups is 2. The standard InChI is InChI=1S/C14H18BrClFNS2/c1-2-5-18-14(11-8-19-6-7-20-11)9-3-4-10(15)12(16)13(9)17/h3-4,11,14,18H,2,5-8H2,1H3. The second kappa shape index (κ2) is 8.28. The normalized spacial score (nSPS) is 20.9. The van der Waals surface area contributed by atoms with Crippen molar-refractivity contribution in [3.05, 3.63) is 33.0 Å². The molecule has 1 N–H and O–H groups in total. The van der Waals surface area contributed by atoms with Crippen LogP contribution in [0.15, 0.2) is 16.6 Å². The molecule has 1 nitrogen and oxygen atoms in total. The first-order valence-corrected chi connectivity index (χ1v) is 10.1. The van der Waals surface area contributed by atoms with Crippen LogP contribution >= 0.6 is 51.1 Å². The summed E-state index contributed by atoms with van der Waals surface area (Å²) < 4.78 is 15.1. The Morgan fingerprint density at radius 1 is 1.50 bits per heavy atom. The molecule has 2 unspecified atom stereocenters. The van der Waals surface area contributed by atoms with Gasteiger partial charge in [0.05, 0.1) is 5.02 Å². The molecule has 20 heavy (non-hydrogen) atoms. The minimum atomic E-state index is -0.300. The third-order valence-electron chi connectivity index (χ3n) is 3.23. The van der Waals surface area contributed by atoms with Crippen molar-refractivity contribution < 1.29 is 4.39 Å². The lowest BCUT2D eigenvalue weighted by Gasteiger charge is -2.31. The summed E-state index contributed by atoms with van der Waals surface area (Å²) in [4.78, 5) is 0. The number of benzene rings is 1. The molecule has 1 aromatic carbocycles. The van der Waals surface area contributed by atoms with Crippen LogP contribution in [-0.4, -0.2) is 29.1 Å². The molecule has 0 saturated carbocycles. The third-order valence-corrected chi connectivity index (χ3v) is 7.35. The maximum atomic E-state index is 14.5. The number of hydrogen-bond donors (Lipinski definition) is 1. The molecule has 0 bridgehead atoms. The Morgan fingerprint density at radius 2 is 2.30 bits per heavy atom. The first-order valence-electron chi connectivity index (χ1n) is 6.71. The van der Waals surface area contributed by atoms with E-state index in [1.807, 2.05) is 35.7 Å². The number of halogens is 3. The van der Waals surface area contributed by atoms with Gasteiger partial charge in [-0.15, -0.1) is 0 Å². The highest BCUT2D eigenvalue weighted by atomic mass is 79.9. The van der Waals surface area contributed by atoms with E-state index in [0.717, 1.165) is 24.5 Å². The Kier molecular flexibility index (Phi) is 7.01. The van der Waals surface area contributed by atoms with Crippen molar-refractivity contribution >= 4 is 51.1 Å². The molecular formula is C14H18BrClFNS2. The first kappa shape index (κ1) is 16.9. The number of nitrogens with one attached hydrogen (secondary N) is 1. The molecular weight excluding hydrogens is 381 g/mol. The second-order valence-corrected chi connectivity index (χ2v) is 8.41. The van der Waals surface area contributed by atoms with Crippen molar-refractivity contribution in [3.63, 3.8) is 0 Å². The van der Waals surface area contributed by atoms with Gasteiger partial charge < -0.3 is 5.32 Å². The van der Waals surface area contributed by atoms with Gasteiger partial charge in [-0.25, -0.2) is 4.39 Å². The van der Waals surface area contributed by atoms with E-state index in [1.54, 1.807) is 0 Å². The Bertz CT molecular complexity index is 455. The fourth-order valence-corrected chi connectivity index (χ4v) is 5.56. The molecule has 1 heterocycles. The second-order valence-electron chi connectivity index (χ2n) is 4.68. The zero-order valence-electron chi connectivity index (χ0n) is 11.3. The lowest BCUT2D eigenvalue weighted by atomic mass is 10.0. The van der Waals surface area contributed by atoms with Gasteiger partial charge in [-0.1, -0.05) is 24.6 Å². The van der Waals surface area contributed by atoms with Crippen molar-refractivity contribution in [3.8, 4) is 0 Å². The fraction of sp³-hybridized carbons (Fsp3) is 0.571. The van der Waals surface area contributed by atoms with Gasteiger partial charge in [0.2, 0.25) is 0 Å². The highest BCUT2D eigenvalue weighted by Gasteiger charge is 2.28. The minimum absolute atomic E-state index is 0.0262. The average molecular weight is 399 g/mol. The predicted molar refractivity (Wildman–Crippen MR) is 93.7 cm³/mol. The lowest BCUT2D eigenvalue weighted by Crippen LogP contribution is -2.34. The maximum absolute atomic E-state index is 14.5. The van der Waals surface area contributed by atoms with Crippen LogP contribution in [0.4, 0.5) is 4.39 Å². The predicted octanol–water partition coefficient (Wildman–Crippen LogP) is 5.13. The van der Waals surface area contributed by atoms with Gasteiger partial charge in [0.1, 0.15) is 5.82 Å². The minimum Gasteiger partial charge on any atom is -0.309 e. The van der Waals surface area contributed by atoms with Crippen LogP contribution in [0.5, 0.6) is 0 Å². The van der Waals surface area contributed by atoms with E-state index in [2.05, 4.69) is 28.2 Å². The molecule has 2 rings (SSSR count). The van der Waals surface area contributed by atoms with E-state index in [9.17, 15) is 4.39 Å². The zero-order chi connectivity index (χ0) is 14.5. The Hall–Kier alpha value is 0.580. The van der Waals surface area contributed by atoms with Crippen LogP contribution in [0, 0.1) is 5.82 Å². The monoisotopic (exact) mass is 397 g/mol. The van der Waals surface area contributed by atoms with E-state index in [-0.39, 0.29) is 16.9 Å². The molecule has 2 atom stereocenters. The van der Waals surface area contributed by atoms with Gasteiger partial charge in [-0.3, -0.25) is 0 Å². The van der Waals surface area contributed by atoms with Crippen LogP contribution in [-0.2, 0) is 0 Å². The Labute approximate surface area is 141 Å². The largest absolute Gasteiger partial charge is 0.309 e. The summed E-state index contributed by atoms with van der Waals surface area (Å²) in [6.07, 6.45) is 1.03. The van der Waals surface area contributed by atoms with Gasteiger partial charge >= 0.3 is 0 Å². The zero-order valence-corrected chi connectivity index (χ0v) is 15.3. The molecule has 0 aliphatic carbocycles. The topological polar surface area (TPSA) is 12.0 Å². The molecule has 112 valence electrons. The molecule has 1 aliphatic rings. The van der Waals surface area contributed by atoms with E-state index < -0.39 is 0 Å². The van der Waals surface area contributed by atoms with Gasteiger partial charge in [-0.05, 0) is 35.0 Å². The molecule has 0 radical (unpaired) electrons. The summed E-state index contributed by atoms with van der Waals surface area (Å²) in [6.45, 7) is 3.01. The Morgan fingerprint density at radius 3 is 2.95 bits per heavy atom. The lowest BCUT2D eigenvalue weighted by molar-refractivity contribution is 0.498. The van der Waals surface area contributed by atoms with E-state index in [0.29, 0.717) is 15.3 Å². The summed E-state index contributed by atoms with van der Waals surface area (Å²) >= 11 is 13.2. The van der Waals surface area contributed by atoms with Crippen molar-refractivity contribution in [1.82, 2.24) is 5.32 Å². The van der Waals surface area contributed by atoms with Crippen LogP contribution < -0.4 is 5.32 Å². The fourth-order valence-electron chi connectivity index (χ4n) is 2.22. The quantitative estimate of drug-likeness (QED) is 0.690. The van der Waals surface area contributed by atoms with Crippen molar-refractivity contribution in [2.24, 2.45) is 0 Å². The van der Waals surface area contributed by atoms with Gasteiger partial charge in [-0.2, -0.15) is 23.5 Å². The third kappa shape index (κ3) is 4.07. The molecule has 1 aromatic rings. The summed E-state index contributed by atoms with van der Waals surface area (Å²) in [5.74, 6) is 3.07. The van der Waals surface area contributed by atoms with Crippen LogP contribution in [0.1, 0.15) is 24.9 Å². The molecule has 0 spiro atoms. The highest BCUT2D eigenvalue weighted by Crippen LogP contribution is 2.37. The van der Waals surface area contributed by atoms with E-state index >= 15 is 0 Å². The summed E-state index contributed by atoms with van der Waals surface area (Å²) in [7, 11) is 0. The van der Waals surface area contributed by atoms with Crippen LogP contribution in [0.3, 0.4) is 0 Å². The molecule has 6 heteroatoms. The van der Waals surface area contributed by atoms with E-state index in [4.69, 9.17) is 11.6 Å².